The lowest BCUT2D eigenvalue weighted by atomic mass is 10.1. The maximum absolute atomic E-state index is 13.9. The summed E-state index contributed by atoms with van der Waals surface area (Å²) in [5, 5.41) is 2.68. The molecular formula is C21H25F4N5O3S. The molecule has 0 saturated carbocycles. The minimum Gasteiger partial charge on any atom is -0.487 e. The first kappa shape index (κ1) is 24.6. The van der Waals surface area contributed by atoms with Crippen LogP contribution in [-0.4, -0.2) is 68.2 Å². The molecule has 0 radical (unpaired) electrons. The second-order valence-corrected chi connectivity index (χ2v) is 9.09. The van der Waals surface area contributed by atoms with Gasteiger partial charge >= 0.3 is 0 Å². The van der Waals surface area contributed by atoms with Crippen LogP contribution in [0.3, 0.4) is 0 Å². The summed E-state index contributed by atoms with van der Waals surface area (Å²) in [6, 6.07) is 3.15. The first-order valence-corrected chi connectivity index (χ1v) is 12.1. The van der Waals surface area contributed by atoms with Crippen molar-refractivity contribution in [1.82, 2.24) is 14.9 Å². The van der Waals surface area contributed by atoms with Gasteiger partial charge in [-0.2, -0.15) is 0 Å². The number of piperidine rings is 1. The molecular weight excluding hydrogens is 478 g/mol. The van der Waals surface area contributed by atoms with Crippen molar-refractivity contribution >= 4 is 22.7 Å². The largest absolute Gasteiger partial charge is 0.487 e. The SMILES string of the molecule is O=S(O)CN1CCc2nc(NCC(F)F)c(N3CCC(Oc4ccc(F)cc4F)CC3)nc2C1. The smallest absolute Gasteiger partial charge is 0.255 e. The van der Waals surface area contributed by atoms with Gasteiger partial charge < -0.3 is 19.5 Å². The highest BCUT2D eigenvalue weighted by Gasteiger charge is 2.28. The number of nitrogens with one attached hydrogen (secondary N) is 1. The lowest BCUT2D eigenvalue weighted by molar-refractivity contribution is 0.162. The summed E-state index contributed by atoms with van der Waals surface area (Å²) in [6.45, 7) is 1.22. The molecule has 0 amide bonds. The number of hydrogen-bond donors (Lipinski definition) is 2. The van der Waals surface area contributed by atoms with E-state index in [1.54, 1.807) is 4.90 Å². The van der Waals surface area contributed by atoms with Gasteiger partial charge in [-0.3, -0.25) is 4.90 Å². The number of rotatable bonds is 8. The molecule has 4 rings (SSSR count). The van der Waals surface area contributed by atoms with E-state index in [-0.39, 0.29) is 23.5 Å². The molecule has 0 bridgehead atoms. The molecule has 1 aromatic carbocycles. The summed E-state index contributed by atoms with van der Waals surface area (Å²) in [7, 11) is 0. The molecule has 8 nitrogen and oxygen atoms in total. The number of fused-ring (bicyclic) bond motifs is 1. The third-order valence-electron chi connectivity index (χ3n) is 5.72. The second-order valence-electron chi connectivity index (χ2n) is 8.19. The van der Waals surface area contributed by atoms with Crippen LogP contribution in [0.25, 0.3) is 0 Å². The van der Waals surface area contributed by atoms with Gasteiger partial charge in [0.25, 0.3) is 6.43 Å². The van der Waals surface area contributed by atoms with Crippen LogP contribution in [0.2, 0.25) is 0 Å². The van der Waals surface area contributed by atoms with E-state index in [2.05, 4.69) is 10.3 Å². The van der Waals surface area contributed by atoms with Crippen LogP contribution in [0.5, 0.6) is 5.75 Å². The zero-order chi connectivity index (χ0) is 24.2. The molecule has 2 aliphatic heterocycles. The Kier molecular flexibility index (Phi) is 7.84. The van der Waals surface area contributed by atoms with Crippen LogP contribution in [0, 0.1) is 11.6 Å². The normalized spacial score (nSPS) is 18.1. The van der Waals surface area contributed by atoms with Crippen molar-refractivity contribution in [2.75, 3.05) is 42.3 Å². The molecule has 1 saturated heterocycles. The van der Waals surface area contributed by atoms with E-state index in [0.29, 0.717) is 62.6 Å². The number of hydrogen-bond acceptors (Lipinski definition) is 7. The number of benzene rings is 1. The molecule has 34 heavy (non-hydrogen) atoms. The molecule has 1 aromatic heterocycles. The first-order valence-electron chi connectivity index (χ1n) is 10.9. The average molecular weight is 504 g/mol. The monoisotopic (exact) mass is 503 g/mol. The van der Waals surface area contributed by atoms with Gasteiger partial charge in [-0.05, 0) is 12.1 Å². The number of alkyl halides is 2. The third kappa shape index (κ3) is 6.13. The molecule has 0 spiro atoms. The fraction of sp³-hybridized carbons (Fsp3) is 0.524. The zero-order valence-electron chi connectivity index (χ0n) is 18.2. The molecule has 1 unspecified atom stereocenters. The maximum atomic E-state index is 13.9. The van der Waals surface area contributed by atoms with E-state index in [1.165, 1.54) is 6.07 Å². The van der Waals surface area contributed by atoms with Gasteiger partial charge in [0.1, 0.15) is 17.8 Å². The van der Waals surface area contributed by atoms with Crippen molar-refractivity contribution in [3.63, 3.8) is 0 Å². The molecule has 2 aromatic rings. The van der Waals surface area contributed by atoms with E-state index < -0.39 is 35.7 Å². The Morgan fingerprint density at radius 1 is 1.18 bits per heavy atom. The fourth-order valence-electron chi connectivity index (χ4n) is 4.09. The van der Waals surface area contributed by atoms with Gasteiger partial charge in [0.15, 0.2) is 34.3 Å². The van der Waals surface area contributed by atoms with E-state index in [4.69, 9.17) is 9.72 Å². The Morgan fingerprint density at radius 3 is 2.62 bits per heavy atom. The predicted octanol–water partition coefficient (Wildman–Crippen LogP) is 3.02. The predicted molar refractivity (Wildman–Crippen MR) is 118 cm³/mol. The van der Waals surface area contributed by atoms with Crippen molar-refractivity contribution in [2.45, 2.75) is 38.3 Å². The number of anilines is 2. The standard InChI is InChI=1S/C21H25F4N5O3S/c22-13-1-2-18(15(23)9-13)33-14-3-7-30(8-4-14)21-20(26-10-19(24)25)27-16-5-6-29(12-34(31)32)11-17(16)28-21/h1-2,9,14,19H,3-8,10-12H2,(H,26,27)(H,31,32). The van der Waals surface area contributed by atoms with Crippen molar-refractivity contribution in [2.24, 2.45) is 0 Å². The lowest BCUT2D eigenvalue weighted by Crippen LogP contribution is -2.40. The highest BCUT2D eigenvalue weighted by atomic mass is 32.2. The molecule has 3 heterocycles. The number of halogens is 4. The molecule has 2 aliphatic rings. The minimum absolute atomic E-state index is 0.00941. The number of aromatic nitrogens is 2. The van der Waals surface area contributed by atoms with Gasteiger partial charge in [-0.25, -0.2) is 31.7 Å². The summed E-state index contributed by atoms with van der Waals surface area (Å²) in [5.41, 5.74) is 1.31. The van der Waals surface area contributed by atoms with Gasteiger partial charge in [-0.15, -0.1) is 0 Å². The molecule has 1 fully saturated rings. The maximum Gasteiger partial charge on any atom is 0.255 e. The van der Waals surface area contributed by atoms with Crippen LogP contribution in [-0.2, 0) is 24.0 Å². The highest BCUT2D eigenvalue weighted by molar-refractivity contribution is 7.79. The molecule has 0 aliphatic carbocycles. The van der Waals surface area contributed by atoms with Gasteiger partial charge in [0, 0.05) is 51.5 Å². The average Bonchev–Trinajstić information content (AvgIpc) is 2.79. The van der Waals surface area contributed by atoms with Crippen LogP contribution in [0.4, 0.5) is 29.2 Å². The van der Waals surface area contributed by atoms with Crippen LogP contribution in [0.15, 0.2) is 18.2 Å². The summed E-state index contributed by atoms with van der Waals surface area (Å²) in [5.74, 6) is -0.785. The molecule has 1 atom stereocenters. The van der Waals surface area contributed by atoms with Crippen molar-refractivity contribution < 1.29 is 31.1 Å². The summed E-state index contributed by atoms with van der Waals surface area (Å²) in [6.07, 6.45) is -1.35. The van der Waals surface area contributed by atoms with Gasteiger partial charge in [0.05, 0.1) is 17.9 Å². The summed E-state index contributed by atoms with van der Waals surface area (Å²) < 4.78 is 78.9. The Bertz CT molecular complexity index is 1040. The lowest BCUT2D eigenvalue weighted by Gasteiger charge is -2.35. The summed E-state index contributed by atoms with van der Waals surface area (Å²) in [4.78, 5) is 12.9. The van der Waals surface area contributed by atoms with E-state index in [9.17, 15) is 26.3 Å². The highest BCUT2D eigenvalue weighted by Crippen LogP contribution is 2.30. The Hall–Kier alpha value is -2.51. The van der Waals surface area contributed by atoms with E-state index in [0.717, 1.165) is 12.1 Å². The first-order chi connectivity index (χ1) is 16.3. The molecule has 2 N–H and O–H groups in total. The zero-order valence-corrected chi connectivity index (χ0v) is 19.0. The van der Waals surface area contributed by atoms with Crippen LogP contribution >= 0.6 is 0 Å². The van der Waals surface area contributed by atoms with Crippen LogP contribution < -0.4 is 15.0 Å². The second kappa shape index (κ2) is 10.8. The fourth-order valence-corrected chi connectivity index (χ4v) is 4.62. The van der Waals surface area contributed by atoms with E-state index in [1.807, 2.05) is 4.90 Å². The van der Waals surface area contributed by atoms with Gasteiger partial charge in [-0.1, -0.05) is 0 Å². The van der Waals surface area contributed by atoms with Crippen molar-refractivity contribution in [3.8, 4) is 5.75 Å². The molecule has 186 valence electrons. The topological polar surface area (TPSA) is 90.8 Å². The summed E-state index contributed by atoms with van der Waals surface area (Å²) >= 11 is -1.98. The van der Waals surface area contributed by atoms with Crippen molar-refractivity contribution in [3.05, 3.63) is 41.2 Å². The molecule has 13 heteroatoms. The number of ether oxygens (including phenoxy) is 1. The minimum atomic E-state index is -2.56. The third-order valence-corrected chi connectivity index (χ3v) is 6.30. The number of nitrogens with zero attached hydrogens (tertiary/aromatic N) is 4. The Labute approximate surface area is 196 Å². The Balaban J connectivity index is 1.48. The quantitative estimate of drug-likeness (QED) is 0.420. The van der Waals surface area contributed by atoms with Crippen LogP contribution in [0.1, 0.15) is 24.2 Å². The van der Waals surface area contributed by atoms with Crippen molar-refractivity contribution in [1.29, 1.82) is 0 Å². The van der Waals surface area contributed by atoms with E-state index >= 15 is 0 Å². The Morgan fingerprint density at radius 2 is 1.94 bits per heavy atom. The van der Waals surface area contributed by atoms with Gasteiger partial charge in [0.2, 0.25) is 0 Å².